The number of Topliss-reactive ketones (excluding diaryl/α,β-unsaturated/α-hetero) is 1. The Labute approximate surface area is 190 Å². The number of carbonyl (C=O) groups is 6. The number of hydrogen-bond acceptors (Lipinski definition) is 8. The van der Waals surface area contributed by atoms with E-state index in [1.54, 1.807) is 0 Å². The van der Waals surface area contributed by atoms with Gasteiger partial charge in [-0.15, -0.1) is 0 Å². The fraction of sp³-hybridized carbons (Fsp3) is 0.684. The zero-order valence-corrected chi connectivity index (χ0v) is 19.1. The van der Waals surface area contributed by atoms with Gasteiger partial charge in [0.15, 0.2) is 0 Å². The van der Waals surface area contributed by atoms with Crippen molar-refractivity contribution >= 4 is 47.3 Å². The predicted molar refractivity (Wildman–Crippen MR) is 117 cm³/mol. The molecule has 0 radical (unpaired) electrons. The minimum absolute atomic E-state index is 0.164. The maximum absolute atomic E-state index is 12.3. The number of thioether (sulfide) groups is 1. The number of nitrogens with two attached hydrogens (primary N) is 1. The number of unbranched alkanes of at least 4 members (excludes halogenated alkanes) is 3. The number of likely N-dealkylation sites (N-methyl/N-ethyl adjacent to an activating group) is 1. The van der Waals surface area contributed by atoms with Gasteiger partial charge in [0.1, 0.15) is 12.1 Å². The van der Waals surface area contributed by atoms with Gasteiger partial charge in [-0.3, -0.25) is 24.0 Å². The molecule has 0 bridgehead atoms. The molecule has 2 atom stereocenters. The van der Waals surface area contributed by atoms with Crippen molar-refractivity contribution in [2.75, 3.05) is 25.1 Å². The molecule has 0 saturated carbocycles. The highest BCUT2D eigenvalue weighted by Gasteiger charge is 2.28. The summed E-state index contributed by atoms with van der Waals surface area (Å²) in [5, 5.41) is 22.6. The zero-order valence-electron chi connectivity index (χ0n) is 18.3. The van der Waals surface area contributed by atoms with Crippen LogP contribution in [0.3, 0.4) is 0 Å². The van der Waals surface area contributed by atoms with Gasteiger partial charge in [0.25, 0.3) is 11.8 Å². The van der Waals surface area contributed by atoms with E-state index in [0.717, 1.165) is 44.5 Å². The second kappa shape index (κ2) is 16.0. The van der Waals surface area contributed by atoms with Crippen LogP contribution >= 0.6 is 11.8 Å². The Morgan fingerprint density at radius 3 is 2.28 bits per heavy atom. The lowest BCUT2D eigenvalue weighted by atomic mass is 10.1. The summed E-state index contributed by atoms with van der Waals surface area (Å²) in [7, 11) is 1.01. The Kier molecular flexibility index (Phi) is 14.7. The van der Waals surface area contributed by atoms with Gasteiger partial charge in [-0.25, -0.2) is 9.69 Å². The van der Waals surface area contributed by atoms with Gasteiger partial charge in [0.05, 0.1) is 5.75 Å². The first kappa shape index (κ1) is 29.3. The number of nitrogens with zero attached hydrogens (tertiary/aromatic N) is 1. The minimum atomic E-state index is -1.54. The van der Waals surface area contributed by atoms with Crippen LogP contribution in [0.15, 0.2) is 0 Å². The van der Waals surface area contributed by atoms with Crippen molar-refractivity contribution in [1.29, 1.82) is 0 Å². The number of rotatable bonds is 16. The number of carboxylic acid groups (broad SMARTS) is 2. The SMILES string of the molecule is CCCCCCNC(=O)C(=O)CSCC(NC(=O)CCC(N)C(=O)O)C(=O)N(C)C(=O)O. The monoisotopic (exact) mass is 476 g/mol. The Hall–Kier alpha value is -2.67. The summed E-state index contributed by atoms with van der Waals surface area (Å²) in [5.41, 5.74) is 5.33. The van der Waals surface area contributed by atoms with Crippen molar-refractivity contribution in [3.8, 4) is 0 Å². The highest BCUT2D eigenvalue weighted by atomic mass is 32.2. The third-order valence-electron chi connectivity index (χ3n) is 4.34. The summed E-state index contributed by atoms with van der Waals surface area (Å²) >= 11 is 0.890. The van der Waals surface area contributed by atoms with Gasteiger partial charge in [-0.1, -0.05) is 26.2 Å². The van der Waals surface area contributed by atoms with E-state index in [0.29, 0.717) is 11.4 Å². The van der Waals surface area contributed by atoms with E-state index in [9.17, 15) is 28.8 Å². The third-order valence-corrected chi connectivity index (χ3v) is 5.37. The first-order chi connectivity index (χ1) is 15.0. The highest BCUT2D eigenvalue weighted by molar-refractivity contribution is 8.00. The molecule has 6 N–H and O–H groups in total. The number of nitrogens with one attached hydrogen (secondary N) is 2. The molecule has 32 heavy (non-hydrogen) atoms. The molecular weight excluding hydrogens is 444 g/mol. The Morgan fingerprint density at radius 2 is 1.72 bits per heavy atom. The quantitative estimate of drug-likeness (QED) is 0.147. The number of carbonyl (C=O) groups excluding carboxylic acids is 4. The normalized spacial score (nSPS) is 12.3. The number of carboxylic acids is 1. The molecule has 0 heterocycles. The first-order valence-electron chi connectivity index (χ1n) is 10.2. The molecule has 182 valence electrons. The second-order valence-electron chi connectivity index (χ2n) is 7.04. The predicted octanol–water partition coefficient (Wildman–Crippen LogP) is -0.201. The standard InChI is InChI=1S/C19H32N4O8S/c1-3-4-5-6-9-21-16(26)14(24)11-32-10-13(17(27)23(2)19(30)31)22-15(25)8-7-12(20)18(28)29/h12-13H,3-11,20H2,1-2H3,(H,21,26)(H,22,25)(H,28,29)(H,30,31). The summed E-state index contributed by atoms with van der Waals surface area (Å²) in [6.07, 6.45) is 1.77. The van der Waals surface area contributed by atoms with Gasteiger partial charge in [-0.2, -0.15) is 11.8 Å². The molecule has 0 aromatic rings. The number of ketones is 1. The van der Waals surface area contributed by atoms with Gasteiger partial charge < -0.3 is 26.6 Å². The van der Waals surface area contributed by atoms with E-state index in [4.69, 9.17) is 15.9 Å². The number of hydrogen-bond donors (Lipinski definition) is 5. The molecular formula is C19H32N4O8S. The van der Waals surface area contributed by atoms with Crippen molar-refractivity contribution in [1.82, 2.24) is 15.5 Å². The van der Waals surface area contributed by atoms with E-state index in [-0.39, 0.29) is 24.3 Å². The van der Waals surface area contributed by atoms with Crippen LogP contribution in [0.5, 0.6) is 0 Å². The van der Waals surface area contributed by atoms with E-state index >= 15 is 0 Å². The van der Waals surface area contributed by atoms with Crippen molar-refractivity contribution in [2.24, 2.45) is 5.73 Å². The van der Waals surface area contributed by atoms with Crippen LogP contribution in [-0.2, 0) is 24.0 Å². The van der Waals surface area contributed by atoms with Gasteiger partial charge in [0.2, 0.25) is 11.7 Å². The van der Waals surface area contributed by atoms with Gasteiger partial charge in [0, 0.05) is 25.8 Å². The highest BCUT2D eigenvalue weighted by Crippen LogP contribution is 2.08. The van der Waals surface area contributed by atoms with Crippen LogP contribution in [0.1, 0.15) is 45.4 Å². The molecule has 4 amide bonds. The van der Waals surface area contributed by atoms with E-state index in [1.165, 1.54) is 0 Å². The Balaban J connectivity index is 4.73. The molecule has 2 unspecified atom stereocenters. The van der Waals surface area contributed by atoms with Crippen molar-refractivity contribution < 1.29 is 39.0 Å². The number of amides is 4. The number of aliphatic carboxylic acids is 1. The smallest absolute Gasteiger partial charge is 0.413 e. The maximum atomic E-state index is 12.3. The molecule has 13 heteroatoms. The van der Waals surface area contributed by atoms with Crippen LogP contribution in [0.2, 0.25) is 0 Å². The summed E-state index contributed by atoms with van der Waals surface area (Å²) in [6.45, 7) is 2.44. The molecule has 0 aromatic carbocycles. The van der Waals surface area contributed by atoms with E-state index in [1.807, 2.05) is 0 Å². The summed E-state index contributed by atoms with van der Waals surface area (Å²) in [4.78, 5) is 70.3. The van der Waals surface area contributed by atoms with Gasteiger partial charge >= 0.3 is 12.1 Å². The molecule has 0 fully saturated rings. The molecule has 0 aliphatic rings. The summed E-state index contributed by atoms with van der Waals surface area (Å²) in [5.74, 6) is -4.80. The zero-order chi connectivity index (χ0) is 24.7. The van der Waals surface area contributed by atoms with Crippen LogP contribution in [0, 0.1) is 0 Å². The summed E-state index contributed by atoms with van der Waals surface area (Å²) in [6, 6.07) is -2.55. The average Bonchev–Trinajstić information content (AvgIpc) is 2.74. The lowest BCUT2D eigenvalue weighted by molar-refractivity contribution is -0.139. The molecule has 0 saturated heterocycles. The van der Waals surface area contributed by atoms with Crippen molar-refractivity contribution in [2.45, 2.75) is 57.5 Å². The molecule has 0 aromatic heterocycles. The Morgan fingerprint density at radius 1 is 1.06 bits per heavy atom. The first-order valence-corrected chi connectivity index (χ1v) is 11.3. The van der Waals surface area contributed by atoms with E-state index < -0.39 is 47.7 Å². The third kappa shape index (κ3) is 12.2. The van der Waals surface area contributed by atoms with Crippen LogP contribution in [-0.4, -0.2) is 87.9 Å². The molecule has 0 rings (SSSR count). The second-order valence-corrected chi connectivity index (χ2v) is 8.07. The average molecular weight is 477 g/mol. The maximum Gasteiger partial charge on any atom is 0.413 e. The minimum Gasteiger partial charge on any atom is -0.480 e. The van der Waals surface area contributed by atoms with Crippen molar-refractivity contribution in [3.05, 3.63) is 0 Å². The van der Waals surface area contributed by atoms with E-state index in [2.05, 4.69) is 17.6 Å². The molecule has 0 spiro atoms. The lowest BCUT2D eigenvalue weighted by Gasteiger charge is -2.21. The fourth-order valence-corrected chi connectivity index (χ4v) is 3.26. The topological polar surface area (TPSA) is 196 Å². The Bertz CT molecular complexity index is 688. The largest absolute Gasteiger partial charge is 0.480 e. The van der Waals surface area contributed by atoms with Crippen molar-refractivity contribution in [3.63, 3.8) is 0 Å². The van der Waals surface area contributed by atoms with Crippen LogP contribution in [0.4, 0.5) is 4.79 Å². The molecule has 0 aliphatic carbocycles. The lowest BCUT2D eigenvalue weighted by Crippen LogP contribution is -2.50. The van der Waals surface area contributed by atoms with Crippen LogP contribution in [0.25, 0.3) is 0 Å². The van der Waals surface area contributed by atoms with Crippen LogP contribution < -0.4 is 16.4 Å². The molecule has 12 nitrogen and oxygen atoms in total. The fourth-order valence-electron chi connectivity index (χ4n) is 2.37. The molecule has 0 aliphatic heterocycles. The number of imide groups is 1. The summed E-state index contributed by atoms with van der Waals surface area (Å²) < 4.78 is 0. The van der Waals surface area contributed by atoms with Gasteiger partial charge in [-0.05, 0) is 12.8 Å².